The number of methoxy groups -OCH3 is 1. The van der Waals surface area contributed by atoms with Gasteiger partial charge in [-0.05, 0) is 18.2 Å². The zero-order valence-corrected chi connectivity index (χ0v) is 13.2. The third-order valence-corrected chi connectivity index (χ3v) is 3.06. The Kier molecular flexibility index (Phi) is 6.26. The molecular formula is C15H18N4O5. The molecule has 9 nitrogen and oxygen atoms in total. The summed E-state index contributed by atoms with van der Waals surface area (Å²) >= 11 is 0. The van der Waals surface area contributed by atoms with Crippen molar-refractivity contribution in [2.45, 2.75) is 13.1 Å². The second kappa shape index (κ2) is 8.63. The van der Waals surface area contributed by atoms with Crippen LogP contribution in [0.5, 0.6) is 0 Å². The highest BCUT2D eigenvalue weighted by Gasteiger charge is 2.11. The number of hydrogen-bond acceptors (Lipinski definition) is 6. The fourth-order valence-corrected chi connectivity index (χ4v) is 1.82. The minimum absolute atomic E-state index is 0.0459. The molecule has 0 aliphatic rings. The van der Waals surface area contributed by atoms with Crippen molar-refractivity contribution in [1.82, 2.24) is 20.4 Å². The van der Waals surface area contributed by atoms with Gasteiger partial charge in [0, 0.05) is 13.2 Å². The topological polar surface area (TPSA) is 115 Å². The third-order valence-electron chi connectivity index (χ3n) is 3.06. The Morgan fingerprint density at radius 3 is 2.83 bits per heavy atom. The van der Waals surface area contributed by atoms with Crippen LogP contribution in [0, 0.1) is 0 Å². The molecule has 2 aromatic heterocycles. The van der Waals surface area contributed by atoms with Crippen molar-refractivity contribution in [2.24, 2.45) is 0 Å². The van der Waals surface area contributed by atoms with E-state index < -0.39 is 5.91 Å². The fourth-order valence-electron chi connectivity index (χ4n) is 1.82. The van der Waals surface area contributed by atoms with Crippen molar-refractivity contribution in [1.29, 1.82) is 0 Å². The molecular weight excluding hydrogens is 316 g/mol. The Hall–Kier alpha value is -2.94. The Bertz CT molecular complexity index is 739. The molecule has 0 saturated carbocycles. The summed E-state index contributed by atoms with van der Waals surface area (Å²) in [5.41, 5.74) is -0.288. The molecule has 0 radical (unpaired) electrons. The van der Waals surface area contributed by atoms with Crippen molar-refractivity contribution >= 4 is 11.8 Å². The van der Waals surface area contributed by atoms with Crippen LogP contribution < -0.4 is 16.2 Å². The predicted octanol–water partition coefficient (Wildman–Crippen LogP) is -0.471. The molecule has 0 fully saturated rings. The molecule has 24 heavy (non-hydrogen) atoms. The summed E-state index contributed by atoms with van der Waals surface area (Å²) in [6.45, 7) is 0.563. The standard InChI is InChI=1S/C15H18N4O5/c1-23-8-6-19-14(21)5-4-12(18-19)15(22)17-10-13(20)16-9-11-3-2-7-24-11/h2-5,7H,6,8-10H2,1H3,(H,16,20)(H,17,22). The predicted molar refractivity (Wildman–Crippen MR) is 83.3 cm³/mol. The van der Waals surface area contributed by atoms with Gasteiger partial charge in [-0.2, -0.15) is 5.10 Å². The second-order valence-corrected chi connectivity index (χ2v) is 4.81. The molecule has 0 atom stereocenters. The summed E-state index contributed by atoms with van der Waals surface area (Å²) in [4.78, 5) is 35.3. The van der Waals surface area contributed by atoms with Crippen molar-refractivity contribution in [3.8, 4) is 0 Å². The van der Waals surface area contributed by atoms with Gasteiger partial charge in [0.05, 0.1) is 32.5 Å². The van der Waals surface area contributed by atoms with Crippen LogP contribution in [-0.2, 0) is 22.6 Å². The average molecular weight is 334 g/mol. The van der Waals surface area contributed by atoms with Crippen LogP contribution in [0.1, 0.15) is 16.2 Å². The van der Waals surface area contributed by atoms with Gasteiger partial charge in [-0.25, -0.2) is 4.68 Å². The molecule has 0 aliphatic heterocycles. The number of carbonyl (C=O) groups excluding carboxylic acids is 2. The van der Waals surface area contributed by atoms with Gasteiger partial charge in [0.1, 0.15) is 11.5 Å². The molecule has 0 unspecified atom stereocenters. The molecule has 2 rings (SSSR count). The van der Waals surface area contributed by atoms with E-state index in [1.165, 1.54) is 25.5 Å². The van der Waals surface area contributed by atoms with Gasteiger partial charge < -0.3 is 19.8 Å². The first kappa shape index (κ1) is 17.4. The molecule has 0 spiro atoms. The van der Waals surface area contributed by atoms with Crippen LogP contribution >= 0.6 is 0 Å². The van der Waals surface area contributed by atoms with Crippen molar-refractivity contribution in [3.05, 3.63) is 52.3 Å². The number of nitrogens with one attached hydrogen (secondary N) is 2. The Labute approximate surface area is 137 Å². The lowest BCUT2D eigenvalue weighted by Crippen LogP contribution is -2.37. The van der Waals surface area contributed by atoms with Gasteiger partial charge >= 0.3 is 0 Å². The van der Waals surface area contributed by atoms with E-state index in [9.17, 15) is 14.4 Å². The van der Waals surface area contributed by atoms with Crippen LogP contribution in [-0.4, -0.2) is 41.9 Å². The van der Waals surface area contributed by atoms with Gasteiger partial charge in [0.2, 0.25) is 5.91 Å². The SMILES string of the molecule is COCCn1nc(C(=O)NCC(=O)NCc2ccco2)ccc1=O. The lowest BCUT2D eigenvalue weighted by molar-refractivity contribution is -0.120. The molecule has 9 heteroatoms. The summed E-state index contributed by atoms with van der Waals surface area (Å²) in [7, 11) is 1.50. The first-order chi connectivity index (χ1) is 11.6. The maximum atomic E-state index is 12.0. The number of aromatic nitrogens is 2. The van der Waals surface area contributed by atoms with E-state index in [2.05, 4.69) is 15.7 Å². The molecule has 0 bridgehead atoms. The molecule has 2 heterocycles. The number of nitrogens with zero attached hydrogens (tertiary/aromatic N) is 2. The second-order valence-electron chi connectivity index (χ2n) is 4.81. The smallest absolute Gasteiger partial charge is 0.272 e. The highest BCUT2D eigenvalue weighted by molar-refractivity contribution is 5.94. The number of furan rings is 1. The van der Waals surface area contributed by atoms with Crippen molar-refractivity contribution < 1.29 is 18.7 Å². The van der Waals surface area contributed by atoms with Crippen LogP contribution in [0.15, 0.2) is 39.7 Å². The van der Waals surface area contributed by atoms with Gasteiger partial charge in [-0.3, -0.25) is 14.4 Å². The lowest BCUT2D eigenvalue weighted by atomic mass is 10.3. The lowest BCUT2D eigenvalue weighted by Gasteiger charge is -2.07. The molecule has 2 amide bonds. The summed E-state index contributed by atoms with van der Waals surface area (Å²) in [5.74, 6) is -0.302. The van der Waals surface area contributed by atoms with Gasteiger partial charge in [0.25, 0.3) is 11.5 Å². The normalized spacial score (nSPS) is 10.4. The zero-order chi connectivity index (χ0) is 17.4. The van der Waals surface area contributed by atoms with Crippen LogP contribution in [0.25, 0.3) is 0 Å². The summed E-state index contributed by atoms with van der Waals surface area (Å²) < 4.78 is 11.1. The van der Waals surface area contributed by atoms with E-state index in [-0.39, 0.29) is 36.8 Å². The van der Waals surface area contributed by atoms with Crippen LogP contribution in [0.3, 0.4) is 0 Å². The van der Waals surface area contributed by atoms with Gasteiger partial charge in [-0.1, -0.05) is 0 Å². The molecule has 0 aromatic carbocycles. The maximum absolute atomic E-state index is 12.0. The Balaban J connectivity index is 1.85. The first-order valence-electron chi connectivity index (χ1n) is 7.24. The minimum Gasteiger partial charge on any atom is -0.467 e. The van der Waals surface area contributed by atoms with Crippen LogP contribution in [0.2, 0.25) is 0 Å². The zero-order valence-electron chi connectivity index (χ0n) is 13.2. The summed E-state index contributed by atoms with van der Waals surface area (Å²) in [5, 5.41) is 8.98. The number of carbonyl (C=O) groups is 2. The quantitative estimate of drug-likeness (QED) is 0.674. The Morgan fingerprint density at radius 1 is 1.29 bits per heavy atom. The van der Waals surface area contributed by atoms with Crippen LogP contribution in [0.4, 0.5) is 0 Å². The number of amides is 2. The average Bonchev–Trinajstić information content (AvgIpc) is 3.10. The number of rotatable bonds is 8. The summed E-state index contributed by atoms with van der Waals surface area (Å²) in [6.07, 6.45) is 1.51. The third kappa shape index (κ3) is 5.06. The van der Waals surface area contributed by atoms with E-state index >= 15 is 0 Å². The summed E-state index contributed by atoms with van der Waals surface area (Å²) in [6, 6.07) is 6.00. The highest BCUT2D eigenvalue weighted by atomic mass is 16.5. The van der Waals surface area contributed by atoms with E-state index in [0.717, 1.165) is 4.68 Å². The maximum Gasteiger partial charge on any atom is 0.272 e. The van der Waals surface area contributed by atoms with Gasteiger partial charge in [-0.15, -0.1) is 0 Å². The van der Waals surface area contributed by atoms with E-state index in [4.69, 9.17) is 9.15 Å². The van der Waals surface area contributed by atoms with Crippen molar-refractivity contribution in [3.63, 3.8) is 0 Å². The minimum atomic E-state index is -0.547. The molecule has 0 saturated heterocycles. The molecule has 128 valence electrons. The fraction of sp³-hybridized carbons (Fsp3) is 0.333. The molecule has 2 N–H and O–H groups in total. The van der Waals surface area contributed by atoms with E-state index in [1.807, 2.05) is 0 Å². The molecule has 0 aliphatic carbocycles. The highest BCUT2D eigenvalue weighted by Crippen LogP contribution is 1.98. The largest absolute Gasteiger partial charge is 0.467 e. The number of ether oxygens (including phenoxy) is 1. The first-order valence-corrected chi connectivity index (χ1v) is 7.24. The van der Waals surface area contributed by atoms with E-state index in [1.54, 1.807) is 12.1 Å². The van der Waals surface area contributed by atoms with Gasteiger partial charge in [0.15, 0.2) is 0 Å². The Morgan fingerprint density at radius 2 is 2.12 bits per heavy atom. The van der Waals surface area contributed by atoms with Crippen molar-refractivity contribution in [2.75, 3.05) is 20.3 Å². The molecule has 2 aromatic rings. The number of hydrogen-bond donors (Lipinski definition) is 2. The van der Waals surface area contributed by atoms with E-state index in [0.29, 0.717) is 12.4 Å². The monoisotopic (exact) mass is 334 g/mol.